The van der Waals surface area contributed by atoms with Gasteiger partial charge in [-0.2, -0.15) is 5.10 Å². The van der Waals surface area contributed by atoms with Crippen molar-refractivity contribution in [3.63, 3.8) is 0 Å². The van der Waals surface area contributed by atoms with E-state index < -0.39 is 0 Å². The number of methoxy groups -OCH3 is 1. The maximum Gasteiger partial charge on any atom is 0.274 e. The lowest BCUT2D eigenvalue weighted by Crippen LogP contribution is -2.30. The minimum absolute atomic E-state index is 0.0611. The van der Waals surface area contributed by atoms with Gasteiger partial charge in [-0.1, -0.05) is 41.9 Å². The number of hydrogen-bond acceptors (Lipinski definition) is 3. The van der Waals surface area contributed by atoms with Gasteiger partial charge in [0.05, 0.1) is 18.2 Å². The van der Waals surface area contributed by atoms with Crippen LogP contribution in [0.4, 0.5) is 0 Å². The molecule has 6 heteroatoms. The summed E-state index contributed by atoms with van der Waals surface area (Å²) < 4.78 is 6.87. The number of amides is 1. The molecule has 0 N–H and O–H groups in total. The Morgan fingerprint density at radius 3 is 2.67 bits per heavy atom. The molecule has 3 rings (SSSR count). The van der Waals surface area contributed by atoms with Crippen LogP contribution in [0.2, 0.25) is 5.02 Å². The zero-order valence-corrected chi connectivity index (χ0v) is 14.5. The van der Waals surface area contributed by atoms with Gasteiger partial charge in [0.2, 0.25) is 0 Å². The Balaban J connectivity index is 1.93. The van der Waals surface area contributed by atoms with E-state index in [0.29, 0.717) is 22.0 Å². The first kappa shape index (κ1) is 16.3. The van der Waals surface area contributed by atoms with Gasteiger partial charge in [0.15, 0.2) is 5.69 Å². The van der Waals surface area contributed by atoms with Gasteiger partial charge in [0, 0.05) is 25.4 Å². The largest absolute Gasteiger partial charge is 0.494 e. The van der Waals surface area contributed by atoms with Crippen LogP contribution in [0.15, 0.2) is 48.7 Å². The minimum Gasteiger partial charge on any atom is -0.494 e. The highest BCUT2D eigenvalue weighted by Crippen LogP contribution is 2.26. The Morgan fingerprint density at radius 2 is 2.00 bits per heavy atom. The fourth-order valence-electron chi connectivity index (χ4n) is 2.61. The number of fused-ring (bicyclic) bond motifs is 1. The number of aromatic nitrogens is 2. The van der Waals surface area contributed by atoms with Crippen LogP contribution >= 0.6 is 11.6 Å². The molecule has 1 unspecified atom stereocenters. The molecule has 3 aromatic rings. The molecule has 0 spiro atoms. The lowest BCUT2D eigenvalue weighted by molar-refractivity contribution is 0.0736. The van der Waals surface area contributed by atoms with E-state index in [2.05, 4.69) is 5.10 Å². The molecular formula is C18H18ClN3O2. The van der Waals surface area contributed by atoms with Crippen molar-refractivity contribution in [2.24, 2.45) is 0 Å². The van der Waals surface area contributed by atoms with Crippen LogP contribution in [0.5, 0.6) is 5.75 Å². The molecule has 1 atom stereocenters. The number of nitrogens with zero attached hydrogens (tertiary/aromatic N) is 3. The molecule has 24 heavy (non-hydrogen) atoms. The third kappa shape index (κ3) is 2.95. The summed E-state index contributed by atoms with van der Waals surface area (Å²) in [5, 5.41) is 4.83. The molecule has 0 bridgehead atoms. The van der Waals surface area contributed by atoms with Crippen LogP contribution in [0, 0.1) is 0 Å². The predicted molar refractivity (Wildman–Crippen MR) is 93.7 cm³/mol. The number of carbonyl (C=O) groups is 1. The van der Waals surface area contributed by atoms with E-state index in [1.54, 1.807) is 41.9 Å². The first-order valence-corrected chi connectivity index (χ1v) is 7.94. The van der Waals surface area contributed by atoms with Crippen LogP contribution in [-0.4, -0.2) is 34.6 Å². The van der Waals surface area contributed by atoms with E-state index in [0.717, 1.165) is 5.56 Å². The van der Waals surface area contributed by atoms with Crippen molar-refractivity contribution in [3.8, 4) is 5.75 Å². The van der Waals surface area contributed by atoms with Gasteiger partial charge >= 0.3 is 0 Å². The highest BCUT2D eigenvalue weighted by Gasteiger charge is 2.22. The molecule has 1 aromatic carbocycles. The van der Waals surface area contributed by atoms with E-state index in [1.165, 1.54) is 0 Å². The van der Waals surface area contributed by atoms with Crippen LogP contribution in [0.3, 0.4) is 0 Å². The van der Waals surface area contributed by atoms with Crippen molar-refractivity contribution in [1.82, 2.24) is 14.5 Å². The second-order valence-corrected chi connectivity index (χ2v) is 6.03. The average Bonchev–Trinajstić information content (AvgIpc) is 3.03. The Kier molecular flexibility index (Phi) is 4.44. The molecule has 5 nitrogen and oxygen atoms in total. The first-order valence-electron chi connectivity index (χ1n) is 7.56. The smallest absolute Gasteiger partial charge is 0.274 e. The summed E-state index contributed by atoms with van der Waals surface area (Å²) in [6.45, 7) is 1.99. The molecule has 0 saturated carbocycles. The Hall–Kier alpha value is -2.53. The van der Waals surface area contributed by atoms with Gasteiger partial charge in [-0.3, -0.25) is 4.79 Å². The third-order valence-corrected chi connectivity index (χ3v) is 4.33. The summed E-state index contributed by atoms with van der Waals surface area (Å²) in [7, 11) is 3.33. The molecule has 2 heterocycles. The molecule has 124 valence electrons. The summed E-state index contributed by atoms with van der Waals surface area (Å²) in [4.78, 5) is 14.5. The molecule has 0 aliphatic heterocycles. The van der Waals surface area contributed by atoms with Crippen molar-refractivity contribution >= 4 is 23.0 Å². The third-order valence-electron chi connectivity index (χ3n) is 4.13. The Morgan fingerprint density at radius 1 is 1.29 bits per heavy atom. The monoisotopic (exact) mass is 343 g/mol. The van der Waals surface area contributed by atoms with E-state index in [-0.39, 0.29) is 11.9 Å². The molecule has 0 radical (unpaired) electrons. The second-order valence-electron chi connectivity index (χ2n) is 5.59. The molecule has 1 amide bonds. The maximum atomic E-state index is 12.8. The standard InChI is InChI=1S/C18H18ClN3O2/c1-12(13-7-5-4-6-8-13)21(2)18(23)15-10-16-17(24-3)9-14(19)11-22(16)20-15/h4-12H,1-3H3. The van der Waals surface area contributed by atoms with Gasteiger partial charge in [0.1, 0.15) is 11.3 Å². The van der Waals surface area contributed by atoms with Crippen molar-refractivity contribution in [3.05, 3.63) is 64.9 Å². The quantitative estimate of drug-likeness (QED) is 0.723. The van der Waals surface area contributed by atoms with Crippen molar-refractivity contribution in [2.75, 3.05) is 14.2 Å². The van der Waals surface area contributed by atoms with Gasteiger partial charge in [0.25, 0.3) is 5.91 Å². The normalized spacial score (nSPS) is 12.2. The topological polar surface area (TPSA) is 46.8 Å². The van der Waals surface area contributed by atoms with E-state index >= 15 is 0 Å². The number of rotatable bonds is 4. The summed E-state index contributed by atoms with van der Waals surface area (Å²) >= 11 is 6.05. The SMILES string of the molecule is COc1cc(Cl)cn2nc(C(=O)N(C)C(C)c3ccccc3)cc12. The molecule has 0 aliphatic carbocycles. The number of pyridine rings is 1. The first-order chi connectivity index (χ1) is 11.5. The lowest BCUT2D eigenvalue weighted by atomic mass is 10.1. The average molecular weight is 344 g/mol. The fraction of sp³-hybridized carbons (Fsp3) is 0.222. The van der Waals surface area contributed by atoms with E-state index in [4.69, 9.17) is 16.3 Å². The van der Waals surface area contributed by atoms with Crippen LogP contribution in [-0.2, 0) is 0 Å². The highest BCUT2D eigenvalue weighted by atomic mass is 35.5. The van der Waals surface area contributed by atoms with E-state index in [1.807, 2.05) is 37.3 Å². The number of halogens is 1. The van der Waals surface area contributed by atoms with Crippen LogP contribution in [0.25, 0.3) is 5.52 Å². The Bertz CT molecular complexity index is 877. The molecular weight excluding hydrogens is 326 g/mol. The van der Waals surface area contributed by atoms with Gasteiger partial charge < -0.3 is 9.64 Å². The maximum absolute atomic E-state index is 12.8. The highest BCUT2D eigenvalue weighted by molar-refractivity contribution is 6.30. The summed E-state index contributed by atoms with van der Waals surface area (Å²) in [5.41, 5.74) is 2.12. The van der Waals surface area contributed by atoms with Gasteiger partial charge in [-0.25, -0.2) is 4.52 Å². The van der Waals surface area contributed by atoms with Crippen molar-refractivity contribution in [1.29, 1.82) is 0 Å². The number of hydrogen-bond donors (Lipinski definition) is 0. The van der Waals surface area contributed by atoms with E-state index in [9.17, 15) is 4.79 Å². The summed E-state index contributed by atoms with van der Waals surface area (Å²) in [6.07, 6.45) is 1.65. The molecule has 0 fully saturated rings. The second kappa shape index (κ2) is 6.53. The summed E-state index contributed by atoms with van der Waals surface area (Å²) in [6, 6.07) is 13.2. The summed E-state index contributed by atoms with van der Waals surface area (Å²) in [5.74, 6) is 0.418. The van der Waals surface area contributed by atoms with Crippen molar-refractivity contribution in [2.45, 2.75) is 13.0 Å². The number of carbonyl (C=O) groups excluding carboxylic acids is 1. The van der Waals surface area contributed by atoms with Crippen LogP contribution < -0.4 is 4.74 Å². The molecule has 0 aliphatic rings. The fourth-order valence-corrected chi connectivity index (χ4v) is 2.80. The predicted octanol–water partition coefficient (Wildman–Crippen LogP) is 3.83. The molecule has 0 saturated heterocycles. The van der Waals surface area contributed by atoms with Crippen molar-refractivity contribution < 1.29 is 9.53 Å². The number of ether oxygens (including phenoxy) is 1. The van der Waals surface area contributed by atoms with Crippen LogP contribution in [0.1, 0.15) is 29.0 Å². The number of benzene rings is 1. The molecule has 2 aromatic heterocycles. The zero-order valence-electron chi connectivity index (χ0n) is 13.7. The minimum atomic E-state index is -0.159. The Labute approximate surface area is 145 Å². The van der Waals surface area contributed by atoms with Gasteiger partial charge in [-0.05, 0) is 12.5 Å². The lowest BCUT2D eigenvalue weighted by Gasteiger charge is -2.24. The van der Waals surface area contributed by atoms with Gasteiger partial charge in [-0.15, -0.1) is 0 Å². The zero-order chi connectivity index (χ0) is 17.3.